The first-order valence-electron chi connectivity index (χ1n) is 18.8. The average molecular weight is 695 g/mol. The van der Waals surface area contributed by atoms with Crippen LogP contribution in [0.25, 0.3) is 64.6 Å². The van der Waals surface area contributed by atoms with Gasteiger partial charge in [-0.3, -0.25) is 0 Å². The highest BCUT2D eigenvalue weighted by Gasteiger charge is 2.18. The highest BCUT2D eigenvalue weighted by molar-refractivity contribution is 6.12. The zero-order valence-corrected chi connectivity index (χ0v) is 30.5. The summed E-state index contributed by atoms with van der Waals surface area (Å²) in [5, 5.41) is 13.4. The zero-order chi connectivity index (χ0) is 36.4. The lowest BCUT2D eigenvalue weighted by molar-refractivity contribution is 0.319. The van der Waals surface area contributed by atoms with Gasteiger partial charge in [0.2, 0.25) is 0 Å². The van der Waals surface area contributed by atoms with Crippen molar-refractivity contribution in [2.45, 2.75) is 26.7 Å². The van der Waals surface area contributed by atoms with E-state index in [2.05, 4.69) is 183 Å². The minimum absolute atomic E-state index is 0.604. The van der Waals surface area contributed by atoms with Gasteiger partial charge in [0, 0.05) is 43.8 Å². The summed E-state index contributed by atoms with van der Waals surface area (Å²) in [5.41, 5.74) is 3.93. The molecule has 2 heteroatoms. The maximum Gasteiger partial charge on any atom is 0.135 e. The van der Waals surface area contributed by atoms with Gasteiger partial charge in [-0.25, -0.2) is 0 Å². The lowest BCUT2D eigenvalue weighted by atomic mass is 9.95. The molecule has 0 spiro atoms. The molecule has 9 aromatic carbocycles. The maximum atomic E-state index is 6.60. The molecule has 0 saturated heterocycles. The van der Waals surface area contributed by atoms with Crippen LogP contribution < -0.4 is 9.47 Å². The Bertz CT molecular complexity index is 2720. The van der Waals surface area contributed by atoms with E-state index < -0.39 is 0 Å². The number of benzene rings is 9. The molecule has 258 valence electrons. The molecule has 0 radical (unpaired) electrons. The molecule has 0 aliphatic heterocycles. The van der Waals surface area contributed by atoms with Crippen molar-refractivity contribution in [1.29, 1.82) is 0 Å². The van der Waals surface area contributed by atoms with E-state index in [1.807, 2.05) is 0 Å². The van der Waals surface area contributed by atoms with Crippen LogP contribution in [0.3, 0.4) is 0 Å². The first-order valence-corrected chi connectivity index (χ1v) is 18.8. The Morgan fingerprint density at radius 2 is 0.704 bits per heavy atom. The van der Waals surface area contributed by atoms with E-state index in [1.165, 1.54) is 21.5 Å². The Hall–Kier alpha value is -6.74. The molecule has 0 bridgehead atoms. The highest BCUT2D eigenvalue weighted by atomic mass is 16.5. The summed E-state index contributed by atoms with van der Waals surface area (Å²) in [6, 6.07) is 51.3. The fourth-order valence-electron chi connectivity index (χ4n) is 7.59. The van der Waals surface area contributed by atoms with Crippen molar-refractivity contribution in [2.75, 3.05) is 13.2 Å². The van der Waals surface area contributed by atoms with Gasteiger partial charge in [0.25, 0.3) is 0 Å². The van der Waals surface area contributed by atoms with E-state index in [1.54, 1.807) is 0 Å². The summed E-state index contributed by atoms with van der Waals surface area (Å²) in [4.78, 5) is 0. The Balaban J connectivity index is 1.21. The minimum atomic E-state index is 0.604. The molecule has 0 fully saturated rings. The van der Waals surface area contributed by atoms with Gasteiger partial charge in [-0.1, -0.05) is 135 Å². The summed E-state index contributed by atoms with van der Waals surface area (Å²) in [6.07, 6.45) is 1.79. The SMILES string of the molecule is CCCOc1c2ccc(C#Cc3c4ccccc4cc4ccccc34)cc2c(OCCC)c2ccc(C#Cc3c4ccccc4cc4ccccc34)cc12. The van der Waals surface area contributed by atoms with E-state index in [-0.39, 0.29) is 0 Å². The third-order valence-corrected chi connectivity index (χ3v) is 10.1. The Kier molecular flexibility index (Phi) is 8.80. The molecule has 0 aliphatic rings. The number of hydrogen-bond donors (Lipinski definition) is 0. The van der Waals surface area contributed by atoms with Gasteiger partial charge in [-0.15, -0.1) is 0 Å². The van der Waals surface area contributed by atoms with Crippen LogP contribution in [0.5, 0.6) is 11.5 Å². The molecular formula is C52H38O2. The van der Waals surface area contributed by atoms with Gasteiger partial charge in [0.1, 0.15) is 11.5 Å². The van der Waals surface area contributed by atoms with Gasteiger partial charge >= 0.3 is 0 Å². The van der Waals surface area contributed by atoms with Crippen LogP contribution in [0.1, 0.15) is 48.9 Å². The van der Waals surface area contributed by atoms with Crippen LogP contribution in [0.15, 0.2) is 146 Å². The normalized spacial score (nSPS) is 11.1. The van der Waals surface area contributed by atoms with Crippen LogP contribution in [0.2, 0.25) is 0 Å². The molecule has 0 aliphatic carbocycles. The first-order chi connectivity index (χ1) is 26.7. The monoisotopic (exact) mass is 694 g/mol. The third kappa shape index (κ3) is 6.03. The van der Waals surface area contributed by atoms with Crippen molar-refractivity contribution >= 4 is 64.6 Å². The predicted molar refractivity (Wildman–Crippen MR) is 228 cm³/mol. The largest absolute Gasteiger partial charge is 0.492 e. The number of ether oxygens (including phenoxy) is 2. The molecule has 0 unspecified atom stereocenters. The summed E-state index contributed by atoms with van der Waals surface area (Å²) in [6.45, 7) is 5.48. The van der Waals surface area contributed by atoms with Gasteiger partial charge in [-0.05, 0) is 104 Å². The second-order valence-corrected chi connectivity index (χ2v) is 13.8. The topological polar surface area (TPSA) is 18.5 Å². The molecule has 0 saturated carbocycles. The van der Waals surface area contributed by atoms with Crippen molar-refractivity contribution < 1.29 is 9.47 Å². The molecule has 0 heterocycles. The Morgan fingerprint density at radius 1 is 0.352 bits per heavy atom. The molecular weight excluding hydrogens is 657 g/mol. The summed E-state index contributed by atoms with van der Waals surface area (Å²) >= 11 is 0. The highest BCUT2D eigenvalue weighted by Crippen LogP contribution is 2.44. The lowest BCUT2D eigenvalue weighted by Gasteiger charge is -2.18. The maximum absolute atomic E-state index is 6.60. The van der Waals surface area contributed by atoms with Crippen LogP contribution >= 0.6 is 0 Å². The van der Waals surface area contributed by atoms with Gasteiger partial charge in [-0.2, -0.15) is 0 Å². The van der Waals surface area contributed by atoms with Crippen molar-refractivity contribution in [2.24, 2.45) is 0 Å². The van der Waals surface area contributed by atoms with Crippen LogP contribution in [-0.4, -0.2) is 13.2 Å². The van der Waals surface area contributed by atoms with E-state index in [0.717, 1.165) is 89.7 Å². The van der Waals surface area contributed by atoms with Gasteiger partial charge in [0.05, 0.1) is 13.2 Å². The van der Waals surface area contributed by atoms with E-state index in [0.29, 0.717) is 13.2 Å². The molecule has 0 aromatic heterocycles. The smallest absolute Gasteiger partial charge is 0.135 e. The molecule has 54 heavy (non-hydrogen) atoms. The summed E-state index contributed by atoms with van der Waals surface area (Å²) in [5.74, 6) is 15.9. The van der Waals surface area contributed by atoms with Crippen molar-refractivity contribution in [3.63, 3.8) is 0 Å². The standard InChI is InChI=1S/C52H38O2/c1-3-29-53-51-47-27-23-36(22-26-46-43-19-11-7-15-39(43)34-40-16-8-12-20-44(40)46)32-50(47)52(54-30-4-2)48-28-24-35(31-49(48)51)21-25-45-41-17-9-5-13-37(41)33-38-14-6-10-18-42(38)45/h5-20,23-24,27-28,31-34H,3-4,29-30H2,1-2H3. The van der Waals surface area contributed by atoms with Crippen LogP contribution in [0, 0.1) is 23.7 Å². The fraction of sp³-hybridized carbons (Fsp3) is 0.115. The molecule has 2 nitrogen and oxygen atoms in total. The van der Waals surface area contributed by atoms with Crippen molar-refractivity contribution in [1.82, 2.24) is 0 Å². The van der Waals surface area contributed by atoms with Crippen molar-refractivity contribution in [3.8, 4) is 35.2 Å². The Labute approximate surface area is 316 Å². The van der Waals surface area contributed by atoms with E-state index in [9.17, 15) is 0 Å². The first kappa shape index (κ1) is 33.1. The number of rotatable bonds is 6. The van der Waals surface area contributed by atoms with Gasteiger partial charge in [0.15, 0.2) is 0 Å². The van der Waals surface area contributed by atoms with E-state index >= 15 is 0 Å². The molecule has 0 N–H and O–H groups in total. The van der Waals surface area contributed by atoms with Gasteiger partial charge < -0.3 is 9.47 Å². The molecule has 9 rings (SSSR count). The second kappa shape index (κ2) is 14.4. The zero-order valence-electron chi connectivity index (χ0n) is 30.5. The third-order valence-electron chi connectivity index (χ3n) is 10.1. The molecule has 0 atom stereocenters. The quantitative estimate of drug-likeness (QED) is 0.127. The summed E-state index contributed by atoms with van der Waals surface area (Å²) < 4.78 is 13.2. The molecule has 9 aromatic rings. The van der Waals surface area contributed by atoms with Crippen molar-refractivity contribution in [3.05, 3.63) is 168 Å². The van der Waals surface area contributed by atoms with E-state index in [4.69, 9.17) is 9.47 Å². The predicted octanol–water partition coefficient (Wildman–Crippen LogP) is 13.0. The van der Waals surface area contributed by atoms with Crippen LogP contribution in [-0.2, 0) is 0 Å². The number of fused-ring (bicyclic) bond motifs is 6. The second-order valence-electron chi connectivity index (χ2n) is 13.8. The Morgan fingerprint density at radius 3 is 1.06 bits per heavy atom. The lowest BCUT2D eigenvalue weighted by Crippen LogP contribution is -2.01. The summed E-state index contributed by atoms with van der Waals surface area (Å²) in [7, 11) is 0. The number of hydrogen-bond acceptors (Lipinski definition) is 2. The minimum Gasteiger partial charge on any atom is -0.492 e. The fourth-order valence-corrected chi connectivity index (χ4v) is 7.59. The molecule has 0 amide bonds. The average Bonchev–Trinajstić information content (AvgIpc) is 3.22. The van der Waals surface area contributed by atoms with Crippen LogP contribution in [0.4, 0.5) is 0 Å².